The van der Waals surface area contributed by atoms with Crippen LogP contribution in [0, 0.1) is 0 Å². The third-order valence-electron chi connectivity index (χ3n) is 7.62. The van der Waals surface area contributed by atoms with E-state index in [2.05, 4.69) is 5.73 Å². The summed E-state index contributed by atoms with van der Waals surface area (Å²) in [6.45, 7) is 24.1. The van der Waals surface area contributed by atoms with Crippen LogP contribution in [0.15, 0.2) is 0 Å². The van der Waals surface area contributed by atoms with Crippen molar-refractivity contribution in [3.05, 3.63) is 0 Å². The number of ether oxygens (including phenoxy) is 10. The third kappa shape index (κ3) is 20.1. The van der Waals surface area contributed by atoms with Gasteiger partial charge >= 0.3 is 24.1 Å². The van der Waals surface area contributed by atoms with Crippen LogP contribution in [-0.4, -0.2) is 142 Å². The molecule has 2 aliphatic rings. The van der Waals surface area contributed by atoms with Crippen molar-refractivity contribution in [2.75, 3.05) is 52.9 Å². The van der Waals surface area contributed by atoms with Gasteiger partial charge in [-0.2, -0.15) is 4.90 Å². The van der Waals surface area contributed by atoms with Crippen molar-refractivity contribution in [2.24, 2.45) is 0 Å². The smallest absolute Gasteiger partial charge is 0.420 e. The second kappa shape index (κ2) is 26.6. The molecule has 0 saturated carbocycles. The van der Waals surface area contributed by atoms with Gasteiger partial charge in [-0.25, -0.2) is 19.2 Å². The van der Waals surface area contributed by atoms with Crippen molar-refractivity contribution in [1.82, 2.24) is 4.90 Å². The first kappa shape index (κ1) is 52.7. The van der Waals surface area contributed by atoms with Crippen molar-refractivity contribution >= 4 is 24.1 Å². The number of imide groups is 1. The first-order valence-corrected chi connectivity index (χ1v) is 19.4. The summed E-state index contributed by atoms with van der Waals surface area (Å²) in [5, 5.41) is 0. The maximum atomic E-state index is 13.2. The Morgan fingerprint density at radius 1 is 0.636 bits per heavy atom. The highest BCUT2D eigenvalue weighted by atomic mass is 35.5. The Balaban J connectivity index is 0.00000118. The molecule has 2 rings (SSSR count). The van der Waals surface area contributed by atoms with Gasteiger partial charge in [-0.05, 0) is 81.1 Å². The third-order valence-corrected chi connectivity index (χ3v) is 7.62. The average Bonchev–Trinajstić information content (AvgIpc) is 3.14. The molecule has 0 spiro atoms. The zero-order valence-corrected chi connectivity index (χ0v) is 36.1. The van der Waals surface area contributed by atoms with E-state index >= 15 is 0 Å². The van der Waals surface area contributed by atoms with E-state index in [1.54, 1.807) is 48.5 Å². The van der Waals surface area contributed by atoms with E-state index in [9.17, 15) is 19.2 Å². The van der Waals surface area contributed by atoms with E-state index < -0.39 is 59.8 Å². The molecule has 55 heavy (non-hydrogen) atoms. The van der Waals surface area contributed by atoms with Crippen LogP contribution in [0.2, 0.25) is 0 Å². The topological polar surface area (TPSA) is 191 Å². The SMILES string of the molecule is CCCO[C@H]1[C@H](C)OC(=O)[C@@H](N(C(=O)OC(C)(C)C)C(=O)OC(C)(C)C)COC[C@@H]1OCCC.CCCO[C@H]1[C@H](C)OC(=O)[C@@H]([NH3+])COC[C@@H]1OCCC.[Cl-]. The van der Waals surface area contributed by atoms with Crippen LogP contribution in [0.25, 0.3) is 0 Å². The van der Waals surface area contributed by atoms with Gasteiger partial charge in [0.15, 0.2) is 6.04 Å². The Morgan fingerprint density at radius 2 is 1.00 bits per heavy atom. The molecular formula is C38H71ClN2O14. The largest absolute Gasteiger partial charge is 1.00 e. The van der Waals surface area contributed by atoms with Crippen molar-refractivity contribution in [2.45, 2.75) is 169 Å². The molecule has 2 aliphatic heterocycles. The van der Waals surface area contributed by atoms with Crippen LogP contribution < -0.4 is 18.1 Å². The standard InChI is InChI=1S/C24H43NO9.C14H27NO5.ClH/c1-10-12-30-18-15-29-14-17(20(26)32-16(3)19(18)31-13-11-2)25(21(27)33-23(4,5)6)22(28)34-24(7,8)9;1-4-6-18-12-9-17-8-11(15)14(16)20-10(3)13(12)19-7-5-2;/h16-19H,10-15H2,1-9H3;10-13H,4-9,15H2,1-3H3;1H/t16-,17-,18-,19-;10-,11-,12-,13-;/m00./s1. The lowest BCUT2D eigenvalue weighted by atomic mass is 10.1. The second-order valence-corrected chi connectivity index (χ2v) is 15.4. The fourth-order valence-electron chi connectivity index (χ4n) is 5.18. The summed E-state index contributed by atoms with van der Waals surface area (Å²) in [6, 6.07) is -1.92. The van der Waals surface area contributed by atoms with E-state index in [4.69, 9.17) is 47.4 Å². The first-order chi connectivity index (χ1) is 25.3. The van der Waals surface area contributed by atoms with Crippen molar-refractivity contribution in [1.29, 1.82) is 0 Å². The average molecular weight is 815 g/mol. The van der Waals surface area contributed by atoms with Gasteiger partial charge in [0, 0.05) is 26.4 Å². The minimum atomic E-state index is -1.41. The number of nitrogens with zero attached hydrogens (tertiary/aromatic N) is 1. The van der Waals surface area contributed by atoms with Crippen molar-refractivity contribution in [3.63, 3.8) is 0 Å². The number of halogens is 1. The van der Waals surface area contributed by atoms with Crippen LogP contribution in [0.3, 0.4) is 0 Å². The number of esters is 2. The molecule has 2 heterocycles. The summed E-state index contributed by atoms with van der Waals surface area (Å²) in [6.07, 6.45) is -1.38. The molecule has 2 fully saturated rings. The minimum absolute atomic E-state index is 0. The number of cyclic esters (lactones) is 2. The lowest BCUT2D eigenvalue weighted by Crippen LogP contribution is -3.00. The molecule has 0 unspecified atom stereocenters. The predicted molar refractivity (Wildman–Crippen MR) is 198 cm³/mol. The predicted octanol–water partition coefficient (Wildman–Crippen LogP) is 1.23. The molecule has 0 aromatic heterocycles. The number of amides is 2. The molecule has 3 N–H and O–H groups in total. The quantitative estimate of drug-likeness (QED) is 0.206. The lowest BCUT2D eigenvalue weighted by Gasteiger charge is -2.32. The maximum Gasteiger partial charge on any atom is 0.420 e. The minimum Gasteiger partial charge on any atom is -1.00 e. The zero-order chi connectivity index (χ0) is 41.1. The Bertz CT molecular complexity index is 1090. The van der Waals surface area contributed by atoms with E-state index in [1.807, 2.05) is 34.6 Å². The van der Waals surface area contributed by atoms with Gasteiger partial charge in [0.05, 0.1) is 19.8 Å². The number of quaternary nitrogens is 1. The van der Waals surface area contributed by atoms with Crippen molar-refractivity contribution < 1.29 is 84.7 Å². The van der Waals surface area contributed by atoms with Crippen LogP contribution in [-0.2, 0) is 57.0 Å². The summed E-state index contributed by atoms with van der Waals surface area (Å²) in [5.74, 6) is -1.18. The highest BCUT2D eigenvalue weighted by Gasteiger charge is 2.44. The van der Waals surface area contributed by atoms with Crippen LogP contribution in [0.4, 0.5) is 9.59 Å². The van der Waals surface area contributed by atoms with Gasteiger partial charge in [0.1, 0.15) is 54.4 Å². The van der Waals surface area contributed by atoms with Gasteiger partial charge < -0.3 is 65.5 Å². The van der Waals surface area contributed by atoms with Crippen LogP contribution in [0.1, 0.15) is 109 Å². The van der Waals surface area contributed by atoms with Gasteiger partial charge in [0.2, 0.25) is 6.04 Å². The summed E-state index contributed by atoms with van der Waals surface area (Å²) in [7, 11) is 0. The maximum absolute atomic E-state index is 13.2. The lowest BCUT2D eigenvalue weighted by molar-refractivity contribution is -0.415. The van der Waals surface area contributed by atoms with E-state index in [0.717, 1.165) is 25.7 Å². The van der Waals surface area contributed by atoms with E-state index in [1.165, 1.54) is 0 Å². The molecule has 0 aromatic rings. The number of carbonyl (C=O) groups excluding carboxylic acids is 4. The van der Waals surface area contributed by atoms with E-state index in [-0.39, 0.29) is 56.5 Å². The Morgan fingerprint density at radius 3 is 1.38 bits per heavy atom. The zero-order valence-electron chi connectivity index (χ0n) is 35.4. The molecule has 0 bridgehead atoms. The van der Waals surface area contributed by atoms with Crippen LogP contribution >= 0.6 is 0 Å². The Kier molecular flexibility index (Phi) is 25.5. The molecule has 17 heteroatoms. The van der Waals surface area contributed by atoms with Gasteiger partial charge in [-0.15, -0.1) is 0 Å². The summed E-state index contributed by atoms with van der Waals surface area (Å²) in [4.78, 5) is 51.6. The number of hydrogen-bond donors (Lipinski definition) is 1. The van der Waals surface area contributed by atoms with Crippen molar-refractivity contribution in [3.8, 4) is 0 Å². The Labute approximate surface area is 334 Å². The fraction of sp³-hybridized carbons (Fsp3) is 0.895. The second-order valence-electron chi connectivity index (χ2n) is 15.4. The van der Waals surface area contributed by atoms with Gasteiger partial charge in [-0.3, -0.25) is 0 Å². The molecular weight excluding hydrogens is 744 g/mol. The summed E-state index contributed by atoms with van der Waals surface area (Å²) < 4.78 is 56.7. The summed E-state index contributed by atoms with van der Waals surface area (Å²) >= 11 is 0. The first-order valence-electron chi connectivity index (χ1n) is 19.4. The highest BCUT2D eigenvalue weighted by Crippen LogP contribution is 2.22. The molecule has 2 saturated heterocycles. The van der Waals surface area contributed by atoms with Crippen LogP contribution in [0.5, 0.6) is 0 Å². The molecule has 0 aliphatic carbocycles. The normalized spacial score (nSPS) is 26.7. The molecule has 0 radical (unpaired) electrons. The van der Waals surface area contributed by atoms with E-state index in [0.29, 0.717) is 37.9 Å². The highest BCUT2D eigenvalue weighted by molar-refractivity contribution is 5.94. The summed E-state index contributed by atoms with van der Waals surface area (Å²) in [5.41, 5.74) is 1.93. The monoisotopic (exact) mass is 814 g/mol. The Hall–Kier alpha value is -2.31. The number of rotatable bonds is 13. The molecule has 16 nitrogen and oxygen atoms in total. The number of carbonyl (C=O) groups is 4. The number of hydrogen-bond acceptors (Lipinski definition) is 14. The fourth-order valence-corrected chi connectivity index (χ4v) is 5.18. The molecule has 8 atom stereocenters. The van der Waals surface area contributed by atoms with Gasteiger partial charge in [0.25, 0.3) is 0 Å². The van der Waals surface area contributed by atoms with Gasteiger partial charge in [-0.1, -0.05) is 27.7 Å². The molecule has 2 amide bonds. The molecule has 0 aromatic carbocycles. The molecule has 324 valence electrons.